The van der Waals surface area contributed by atoms with Gasteiger partial charge in [0, 0.05) is 12.7 Å². The first-order chi connectivity index (χ1) is 13.0. The highest BCUT2D eigenvalue weighted by atomic mass is 19.1. The number of halogens is 1. The fourth-order valence-electron chi connectivity index (χ4n) is 2.54. The number of hydrogen-bond acceptors (Lipinski definition) is 4. The van der Waals surface area contributed by atoms with Crippen molar-refractivity contribution in [2.75, 3.05) is 17.7 Å². The number of ether oxygens (including phenoxy) is 1. The Morgan fingerprint density at radius 3 is 2.56 bits per heavy atom. The lowest BCUT2D eigenvalue weighted by Gasteiger charge is -2.11. The predicted octanol–water partition coefficient (Wildman–Crippen LogP) is 4.40. The number of benzene rings is 2. The predicted molar refractivity (Wildman–Crippen MR) is 104 cm³/mol. The van der Waals surface area contributed by atoms with Crippen LogP contribution in [0.2, 0.25) is 0 Å². The molecule has 1 amide bonds. The Labute approximate surface area is 157 Å². The minimum Gasteiger partial charge on any atom is -0.495 e. The van der Waals surface area contributed by atoms with Gasteiger partial charge < -0.3 is 15.4 Å². The Kier molecular flexibility index (Phi) is 5.66. The number of anilines is 2. The topological polar surface area (TPSA) is 63.2 Å². The number of rotatable bonds is 6. The van der Waals surface area contributed by atoms with E-state index in [0.29, 0.717) is 29.4 Å². The fraction of sp³-hybridized carbons (Fsp3) is 0.143. The van der Waals surface area contributed by atoms with E-state index in [9.17, 15) is 9.18 Å². The average Bonchev–Trinajstić information content (AvgIpc) is 2.68. The molecule has 3 aromatic rings. The van der Waals surface area contributed by atoms with Crippen molar-refractivity contribution in [1.29, 1.82) is 0 Å². The molecule has 3 rings (SSSR count). The molecule has 0 fully saturated rings. The van der Waals surface area contributed by atoms with Gasteiger partial charge in [-0.15, -0.1) is 0 Å². The molecule has 6 heteroatoms. The van der Waals surface area contributed by atoms with Gasteiger partial charge in [-0.2, -0.15) is 0 Å². The van der Waals surface area contributed by atoms with E-state index in [1.807, 2.05) is 25.1 Å². The molecular formula is C21H20FN3O2. The highest BCUT2D eigenvalue weighted by molar-refractivity contribution is 6.05. The molecule has 5 nitrogen and oxygen atoms in total. The van der Waals surface area contributed by atoms with Gasteiger partial charge in [0.25, 0.3) is 5.91 Å². The van der Waals surface area contributed by atoms with E-state index in [1.54, 1.807) is 31.4 Å². The number of methoxy groups -OCH3 is 1. The maximum atomic E-state index is 12.9. The van der Waals surface area contributed by atoms with Crippen molar-refractivity contribution in [2.24, 2.45) is 0 Å². The largest absolute Gasteiger partial charge is 0.495 e. The van der Waals surface area contributed by atoms with Crippen LogP contribution in [-0.4, -0.2) is 18.0 Å². The molecule has 0 atom stereocenters. The molecule has 0 bridgehead atoms. The minimum atomic E-state index is -0.267. The first kappa shape index (κ1) is 18.4. The van der Waals surface area contributed by atoms with Crippen LogP contribution in [-0.2, 0) is 6.54 Å². The zero-order valence-corrected chi connectivity index (χ0v) is 15.1. The molecule has 2 N–H and O–H groups in total. The first-order valence-corrected chi connectivity index (χ1v) is 8.45. The second-order valence-electron chi connectivity index (χ2n) is 6.07. The van der Waals surface area contributed by atoms with Crippen LogP contribution < -0.4 is 15.4 Å². The van der Waals surface area contributed by atoms with Crippen LogP contribution in [0.4, 0.5) is 15.9 Å². The van der Waals surface area contributed by atoms with Crippen molar-refractivity contribution in [3.63, 3.8) is 0 Å². The van der Waals surface area contributed by atoms with E-state index in [2.05, 4.69) is 15.6 Å². The molecular weight excluding hydrogens is 345 g/mol. The Hall–Kier alpha value is -3.41. The molecule has 138 valence electrons. The summed E-state index contributed by atoms with van der Waals surface area (Å²) in [4.78, 5) is 16.7. The SMILES string of the molecule is COc1ccc(C)cc1NC(=O)c1ccc(NCc2ccc(F)cc2)nc1. The third-order valence-corrected chi connectivity index (χ3v) is 4.02. The van der Waals surface area contributed by atoms with Gasteiger partial charge in [-0.1, -0.05) is 18.2 Å². The van der Waals surface area contributed by atoms with Gasteiger partial charge in [0.15, 0.2) is 0 Å². The van der Waals surface area contributed by atoms with Crippen molar-refractivity contribution in [3.05, 3.63) is 83.3 Å². The number of nitrogens with one attached hydrogen (secondary N) is 2. The lowest BCUT2D eigenvalue weighted by Crippen LogP contribution is -2.13. The van der Waals surface area contributed by atoms with Crippen molar-refractivity contribution >= 4 is 17.4 Å². The van der Waals surface area contributed by atoms with Crippen LogP contribution in [0.3, 0.4) is 0 Å². The summed E-state index contributed by atoms with van der Waals surface area (Å²) in [5.41, 5.74) is 3.00. The molecule has 2 aromatic carbocycles. The summed E-state index contributed by atoms with van der Waals surface area (Å²) in [6.07, 6.45) is 1.50. The minimum absolute atomic E-state index is 0.266. The summed E-state index contributed by atoms with van der Waals surface area (Å²) in [7, 11) is 1.56. The van der Waals surface area contributed by atoms with Crippen LogP contribution in [0.1, 0.15) is 21.5 Å². The second-order valence-corrected chi connectivity index (χ2v) is 6.07. The van der Waals surface area contributed by atoms with Crippen molar-refractivity contribution < 1.29 is 13.9 Å². The normalized spacial score (nSPS) is 10.3. The van der Waals surface area contributed by atoms with Crippen molar-refractivity contribution in [2.45, 2.75) is 13.5 Å². The highest BCUT2D eigenvalue weighted by Crippen LogP contribution is 2.25. The van der Waals surface area contributed by atoms with Crippen LogP contribution in [0.25, 0.3) is 0 Å². The number of pyridine rings is 1. The van der Waals surface area contributed by atoms with Gasteiger partial charge in [0.1, 0.15) is 17.4 Å². The first-order valence-electron chi connectivity index (χ1n) is 8.45. The Morgan fingerprint density at radius 1 is 1.11 bits per heavy atom. The molecule has 0 aliphatic carbocycles. The maximum Gasteiger partial charge on any atom is 0.257 e. The molecule has 0 aliphatic heterocycles. The molecule has 0 aliphatic rings. The molecule has 1 heterocycles. The zero-order valence-electron chi connectivity index (χ0n) is 15.1. The summed E-state index contributed by atoms with van der Waals surface area (Å²) in [6, 6.07) is 15.2. The van der Waals surface area contributed by atoms with Crippen molar-refractivity contribution in [1.82, 2.24) is 4.98 Å². The summed E-state index contributed by atoms with van der Waals surface area (Å²) < 4.78 is 18.2. The van der Waals surface area contributed by atoms with E-state index in [0.717, 1.165) is 11.1 Å². The Bertz CT molecular complexity index is 925. The second kappa shape index (κ2) is 8.31. The zero-order chi connectivity index (χ0) is 19.2. The van der Waals surface area contributed by atoms with E-state index in [-0.39, 0.29) is 11.7 Å². The van der Waals surface area contributed by atoms with Gasteiger partial charge in [-0.25, -0.2) is 9.37 Å². The van der Waals surface area contributed by atoms with E-state index in [1.165, 1.54) is 18.3 Å². The van der Waals surface area contributed by atoms with Crippen LogP contribution in [0.15, 0.2) is 60.8 Å². The van der Waals surface area contributed by atoms with Gasteiger partial charge >= 0.3 is 0 Å². The molecule has 0 unspecified atom stereocenters. The Balaban J connectivity index is 1.63. The highest BCUT2D eigenvalue weighted by Gasteiger charge is 2.10. The molecule has 0 spiro atoms. The summed E-state index contributed by atoms with van der Waals surface area (Å²) in [6.45, 7) is 2.46. The number of carbonyl (C=O) groups is 1. The maximum absolute atomic E-state index is 12.9. The smallest absolute Gasteiger partial charge is 0.257 e. The fourth-order valence-corrected chi connectivity index (χ4v) is 2.54. The molecule has 0 saturated heterocycles. The van der Waals surface area contributed by atoms with Crippen LogP contribution >= 0.6 is 0 Å². The van der Waals surface area contributed by atoms with Crippen LogP contribution in [0.5, 0.6) is 5.75 Å². The number of carbonyl (C=O) groups excluding carboxylic acids is 1. The molecule has 0 saturated carbocycles. The number of hydrogen-bond donors (Lipinski definition) is 2. The van der Waals surface area contributed by atoms with Crippen LogP contribution in [0, 0.1) is 12.7 Å². The standard InChI is InChI=1S/C21H20FN3O2/c1-14-3-9-19(27-2)18(11-14)25-21(26)16-6-10-20(24-13-16)23-12-15-4-7-17(22)8-5-15/h3-11,13H,12H2,1-2H3,(H,23,24)(H,25,26). The monoisotopic (exact) mass is 365 g/mol. The van der Waals surface area contributed by atoms with Gasteiger partial charge in [0.05, 0.1) is 18.4 Å². The quantitative estimate of drug-likeness (QED) is 0.679. The average molecular weight is 365 g/mol. The van der Waals surface area contributed by atoms with Crippen molar-refractivity contribution in [3.8, 4) is 5.75 Å². The summed E-state index contributed by atoms with van der Waals surface area (Å²) in [5.74, 6) is 0.692. The number of amides is 1. The van der Waals surface area contributed by atoms with E-state index < -0.39 is 0 Å². The van der Waals surface area contributed by atoms with E-state index >= 15 is 0 Å². The lowest BCUT2D eigenvalue weighted by atomic mass is 10.2. The lowest BCUT2D eigenvalue weighted by molar-refractivity contribution is 0.102. The molecule has 1 aromatic heterocycles. The number of aryl methyl sites for hydroxylation is 1. The molecule has 0 radical (unpaired) electrons. The summed E-state index contributed by atoms with van der Waals surface area (Å²) >= 11 is 0. The molecule has 27 heavy (non-hydrogen) atoms. The summed E-state index contributed by atoms with van der Waals surface area (Å²) in [5, 5.41) is 5.98. The third kappa shape index (κ3) is 4.82. The Morgan fingerprint density at radius 2 is 1.89 bits per heavy atom. The third-order valence-electron chi connectivity index (χ3n) is 4.02. The number of nitrogens with zero attached hydrogens (tertiary/aromatic N) is 1. The van der Waals surface area contributed by atoms with Gasteiger partial charge in [-0.3, -0.25) is 4.79 Å². The number of aromatic nitrogens is 1. The van der Waals surface area contributed by atoms with E-state index in [4.69, 9.17) is 4.74 Å². The van der Waals surface area contributed by atoms with Gasteiger partial charge in [-0.05, 0) is 54.4 Å². The van der Waals surface area contributed by atoms with Gasteiger partial charge in [0.2, 0.25) is 0 Å².